The van der Waals surface area contributed by atoms with E-state index in [-0.39, 0.29) is 43.0 Å². The van der Waals surface area contributed by atoms with Crippen LogP contribution < -0.4 is 16.0 Å². The van der Waals surface area contributed by atoms with E-state index in [0.717, 1.165) is 36.8 Å². The zero-order valence-electron chi connectivity index (χ0n) is 21.8. The molecule has 0 bridgehead atoms. The molecule has 4 amide bonds. The second-order valence-corrected chi connectivity index (χ2v) is 11.2. The van der Waals surface area contributed by atoms with Gasteiger partial charge in [0, 0.05) is 43.3 Å². The van der Waals surface area contributed by atoms with Gasteiger partial charge in [0.2, 0.25) is 11.8 Å². The summed E-state index contributed by atoms with van der Waals surface area (Å²) < 4.78 is 5.37. The Kier molecular flexibility index (Phi) is 8.18. The molecule has 37 heavy (non-hydrogen) atoms. The number of amides is 4. The Morgan fingerprint density at radius 2 is 1.84 bits per heavy atom. The van der Waals surface area contributed by atoms with Gasteiger partial charge in [-0.15, -0.1) is 0 Å². The molecule has 2 aliphatic heterocycles. The number of piperidine rings is 1. The predicted octanol–water partition coefficient (Wildman–Crippen LogP) is 2.30. The van der Waals surface area contributed by atoms with E-state index in [4.69, 9.17) is 4.74 Å². The fraction of sp³-hybridized carbons (Fsp3) is 0.630. The van der Waals surface area contributed by atoms with Crippen molar-refractivity contribution in [3.05, 3.63) is 34.9 Å². The molecule has 10 heteroatoms. The number of imide groups is 1. The highest BCUT2D eigenvalue weighted by atomic mass is 16.6. The summed E-state index contributed by atoms with van der Waals surface area (Å²) in [6.07, 6.45) is 3.97. The van der Waals surface area contributed by atoms with Gasteiger partial charge in [0.05, 0.1) is 0 Å². The summed E-state index contributed by atoms with van der Waals surface area (Å²) in [4.78, 5) is 50.9. The van der Waals surface area contributed by atoms with Crippen LogP contribution in [0.1, 0.15) is 93.2 Å². The average Bonchev–Trinajstić information content (AvgIpc) is 3.15. The van der Waals surface area contributed by atoms with E-state index in [1.54, 1.807) is 11.0 Å². The molecule has 0 spiro atoms. The number of nitrogens with one attached hydrogen (secondary N) is 3. The van der Waals surface area contributed by atoms with Crippen LogP contribution in [0.3, 0.4) is 0 Å². The number of aliphatic hydroxyl groups excluding tert-OH is 1. The van der Waals surface area contributed by atoms with Crippen LogP contribution in [0.2, 0.25) is 0 Å². The molecule has 0 unspecified atom stereocenters. The lowest BCUT2D eigenvalue weighted by molar-refractivity contribution is -0.136. The fourth-order valence-corrected chi connectivity index (χ4v) is 5.56. The van der Waals surface area contributed by atoms with Gasteiger partial charge in [-0.3, -0.25) is 19.7 Å². The van der Waals surface area contributed by atoms with Crippen LogP contribution in [0.4, 0.5) is 4.79 Å². The third-order valence-electron chi connectivity index (χ3n) is 7.30. The van der Waals surface area contributed by atoms with Gasteiger partial charge in [-0.05, 0) is 76.5 Å². The molecule has 3 aliphatic rings. The minimum atomic E-state index is -0.664. The molecule has 0 aromatic heterocycles. The van der Waals surface area contributed by atoms with Crippen LogP contribution in [-0.2, 0) is 20.9 Å². The minimum Gasteiger partial charge on any atom is -0.444 e. The van der Waals surface area contributed by atoms with E-state index < -0.39 is 23.6 Å². The average molecular weight is 515 g/mol. The number of hydrogen-bond acceptors (Lipinski definition) is 7. The fourth-order valence-electron chi connectivity index (χ4n) is 5.56. The molecule has 1 aromatic rings. The quantitative estimate of drug-likeness (QED) is 0.410. The number of fused-ring (bicyclic) bond motifs is 1. The van der Waals surface area contributed by atoms with Crippen molar-refractivity contribution in [3.63, 3.8) is 0 Å². The van der Waals surface area contributed by atoms with Crippen LogP contribution >= 0.6 is 0 Å². The predicted molar refractivity (Wildman–Crippen MR) is 135 cm³/mol. The second kappa shape index (κ2) is 11.2. The van der Waals surface area contributed by atoms with E-state index in [0.29, 0.717) is 24.9 Å². The van der Waals surface area contributed by atoms with Crippen molar-refractivity contribution in [1.82, 2.24) is 20.9 Å². The molecule has 1 saturated carbocycles. The summed E-state index contributed by atoms with van der Waals surface area (Å²) in [6.45, 7) is 5.81. The topological polar surface area (TPSA) is 137 Å². The van der Waals surface area contributed by atoms with Gasteiger partial charge in [-0.25, -0.2) is 4.79 Å². The molecule has 0 radical (unpaired) electrons. The summed E-state index contributed by atoms with van der Waals surface area (Å²) >= 11 is 0. The molecule has 4 N–H and O–H groups in total. The van der Waals surface area contributed by atoms with E-state index >= 15 is 0 Å². The number of hydrogen-bond donors (Lipinski definition) is 4. The van der Waals surface area contributed by atoms with Gasteiger partial charge in [-0.2, -0.15) is 0 Å². The molecular weight excluding hydrogens is 476 g/mol. The van der Waals surface area contributed by atoms with Gasteiger partial charge < -0.3 is 25.4 Å². The normalized spacial score (nSPS) is 24.9. The molecule has 10 nitrogen and oxygen atoms in total. The highest BCUT2D eigenvalue weighted by Gasteiger charge is 2.40. The Bertz CT molecular complexity index is 1040. The molecule has 2 fully saturated rings. The maximum absolute atomic E-state index is 13.2. The van der Waals surface area contributed by atoms with Crippen LogP contribution in [0, 0.1) is 0 Å². The van der Waals surface area contributed by atoms with Crippen molar-refractivity contribution in [3.8, 4) is 0 Å². The van der Waals surface area contributed by atoms with E-state index in [1.165, 1.54) is 0 Å². The first-order valence-corrected chi connectivity index (χ1v) is 13.2. The SMILES string of the molecule is CC(C)(C)OC(=O)NC1CCC(N[C@H](CCO)c2cccc3c2CN([C@@H]2CCC(=O)NC2=O)C3=O)CC1. The number of aliphatic hydroxyl groups is 1. The van der Waals surface area contributed by atoms with Crippen LogP contribution in [0.5, 0.6) is 0 Å². The Morgan fingerprint density at radius 3 is 2.49 bits per heavy atom. The van der Waals surface area contributed by atoms with Crippen LogP contribution in [-0.4, -0.2) is 64.2 Å². The van der Waals surface area contributed by atoms with Crippen molar-refractivity contribution >= 4 is 23.8 Å². The number of benzene rings is 1. The Hall–Kier alpha value is -2.98. The summed E-state index contributed by atoms with van der Waals surface area (Å²) in [5.41, 5.74) is 1.84. The zero-order chi connectivity index (χ0) is 26.7. The van der Waals surface area contributed by atoms with E-state index in [2.05, 4.69) is 16.0 Å². The number of carbonyl (C=O) groups excluding carboxylic acids is 4. The lowest BCUT2D eigenvalue weighted by Crippen LogP contribution is -2.52. The van der Waals surface area contributed by atoms with Crippen molar-refractivity contribution in [2.24, 2.45) is 0 Å². The minimum absolute atomic E-state index is 0.0122. The maximum Gasteiger partial charge on any atom is 0.407 e. The molecule has 1 saturated heterocycles. The maximum atomic E-state index is 13.2. The molecule has 1 aromatic carbocycles. The van der Waals surface area contributed by atoms with Gasteiger partial charge in [0.25, 0.3) is 5.91 Å². The Labute approximate surface area is 217 Å². The smallest absolute Gasteiger partial charge is 0.407 e. The van der Waals surface area contributed by atoms with Crippen molar-refractivity contribution in [2.45, 2.75) is 102 Å². The van der Waals surface area contributed by atoms with Crippen LogP contribution in [0.15, 0.2) is 18.2 Å². The third-order valence-corrected chi connectivity index (χ3v) is 7.30. The number of nitrogens with zero attached hydrogens (tertiary/aromatic N) is 1. The summed E-state index contributed by atoms with van der Waals surface area (Å²) in [7, 11) is 0. The first kappa shape index (κ1) is 27.1. The van der Waals surface area contributed by atoms with Crippen molar-refractivity contribution in [1.29, 1.82) is 0 Å². The Morgan fingerprint density at radius 1 is 1.14 bits per heavy atom. The molecule has 202 valence electrons. The van der Waals surface area contributed by atoms with Crippen LogP contribution in [0.25, 0.3) is 0 Å². The van der Waals surface area contributed by atoms with Crippen molar-refractivity contribution < 1.29 is 29.0 Å². The van der Waals surface area contributed by atoms with Crippen molar-refractivity contribution in [2.75, 3.05) is 6.61 Å². The summed E-state index contributed by atoms with van der Waals surface area (Å²) in [6, 6.07) is 5.03. The molecule has 2 heterocycles. The first-order chi connectivity index (χ1) is 17.6. The van der Waals surface area contributed by atoms with Gasteiger partial charge in [0.1, 0.15) is 11.6 Å². The molecule has 1 aliphatic carbocycles. The third kappa shape index (κ3) is 6.48. The number of rotatable bonds is 7. The highest BCUT2D eigenvalue weighted by Crippen LogP contribution is 2.34. The van der Waals surface area contributed by atoms with Gasteiger partial charge in [0.15, 0.2) is 0 Å². The number of alkyl carbamates (subject to hydrolysis) is 1. The van der Waals surface area contributed by atoms with Gasteiger partial charge in [-0.1, -0.05) is 12.1 Å². The molecular formula is C27H38N4O6. The second-order valence-electron chi connectivity index (χ2n) is 11.2. The number of ether oxygens (including phenoxy) is 1. The number of carbonyl (C=O) groups is 4. The first-order valence-electron chi connectivity index (χ1n) is 13.2. The standard InChI is InChI=1S/C27H38N4O6/c1-27(2,3)37-26(36)29-17-9-7-16(8-10-17)28-21(13-14-32)18-5-4-6-19-20(18)15-31(25(19)35)22-11-12-23(33)30-24(22)34/h4-6,16-17,21-22,28,32H,7-15H2,1-3H3,(H,29,36)(H,30,33,34)/t16?,17?,21-,22-/m1/s1. The van der Waals surface area contributed by atoms with E-state index in [9.17, 15) is 24.3 Å². The lowest BCUT2D eigenvalue weighted by Gasteiger charge is -2.33. The largest absolute Gasteiger partial charge is 0.444 e. The molecule has 4 rings (SSSR count). The van der Waals surface area contributed by atoms with Gasteiger partial charge >= 0.3 is 6.09 Å². The monoisotopic (exact) mass is 514 g/mol. The lowest BCUT2D eigenvalue weighted by atomic mass is 9.89. The summed E-state index contributed by atoms with van der Waals surface area (Å²) in [5.74, 6) is -0.946. The summed E-state index contributed by atoms with van der Waals surface area (Å²) in [5, 5.41) is 18.8. The zero-order valence-corrected chi connectivity index (χ0v) is 21.8. The Balaban J connectivity index is 1.41. The highest BCUT2D eigenvalue weighted by molar-refractivity contribution is 6.05. The molecule has 2 atom stereocenters. The van der Waals surface area contributed by atoms with E-state index in [1.807, 2.05) is 32.9 Å².